The molecule has 0 unspecified atom stereocenters. The Hall–Kier alpha value is -2.24. The molecular formula is C12H15NO5. The van der Waals surface area contributed by atoms with E-state index in [2.05, 4.69) is 5.32 Å². The van der Waals surface area contributed by atoms with Gasteiger partial charge in [0, 0.05) is 24.6 Å². The second-order valence-electron chi connectivity index (χ2n) is 3.68. The first kappa shape index (κ1) is 13.8. The van der Waals surface area contributed by atoms with E-state index in [0.29, 0.717) is 11.4 Å². The van der Waals surface area contributed by atoms with Crippen molar-refractivity contribution in [2.45, 2.75) is 19.3 Å². The third-order valence-corrected chi connectivity index (χ3v) is 2.26. The molecule has 0 aliphatic carbocycles. The van der Waals surface area contributed by atoms with Gasteiger partial charge >= 0.3 is 5.97 Å². The number of aliphatic carboxylic acids is 1. The number of rotatable bonds is 6. The number of carboxylic acid groups (broad SMARTS) is 1. The molecule has 1 aromatic rings. The van der Waals surface area contributed by atoms with Crippen LogP contribution < -0.4 is 10.1 Å². The number of benzene rings is 1. The molecular weight excluding hydrogens is 238 g/mol. The van der Waals surface area contributed by atoms with Crippen LogP contribution in [0.1, 0.15) is 19.3 Å². The molecule has 1 rings (SSSR count). The van der Waals surface area contributed by atoms with Crippen LogP contribution in [0.15, 0.2) is 18.2 Å². The molecule has 0 heterocycles. The summed E-state index contributed by atoms with van der Waals surface area (Å²) in [5.74, 6) is -0.967. The zero-order chi connectivity index (χ0) is 13.5. The van der Waals surface area contributed by atoms with E-state index in [9.17, 15) is 14.7 Å². The maximum absolute atomic E-state index is 11.4. The highest BCUT2D eigenvalue weighted by Crippen LogP contribution is 2.28. The van der Waals surface area contributed by atoms with Gasteiger partial charge < -0.3 is 20.3 Å². The Kier molecular flexibility index (Phi) is 4.98. The molecule has 18 heavy (non-hydrogen) atoms. The van der Waals surface area contributed by atoms with Gasteiger partial charge in [0.1, 0.15) is 0 Å². The molecule has 0 aliphatic heterocycles. The number of carbonyl (C=O) groups excluding carboxylic acids is 1. The van der Waals surface area contributed by atoms with Crippen LogP contribution in [0.4, 0.5) is 5.69 Å². The molecule has 0 aromatic heterocycles. The molecule has 0 fully saturated rings. The molecule has 0 saturated heterocycles. The van der Waals surface area contributed by atoms with Crippen LogP contribution in [-0.4, -0.2) is 29.2 Å². The lowest BCUT2D eigenvalue weighted by Crippen LogP contribution is -2.11. The number of hydrogen-bond acceptors (Lipinski definition) is 4. The maximum atomic E-state index is 11.4. The number of amides is 1. The highest BCUT2D eigenvalue weighted by Gasteiger charge is 2.07. The Balaban J connectivity index is 2.49. The SMILES string of the molecule is COc1ccc(NC(=O)CCCC(=O)O)cc1O. The lowest BCUT2D eigenvalue weighted by molar-refractivity contribution is -0.137. The fraction of sp³-hybridized carbons (Fsp3) is 0.333. The van der Waals surface area contributed by atoms with Gasteiger partial charge in [0.25, 0.3) is 0 Å². The summed E-state index contributed by atoms with van der Waals surface area (Å²) in [7, 11) is 1.43. The van der Waals surface area contributed by atoms with E-state index >= 15 is 0 Å². The Bertz CT molecular complexity index is 444. The van der Waals surface area contributed by atoms with E-state index in [1.54, 1.807) is 6.07 Å². The van der Waals surface area contributed by atoms with Crippen LogP contribution in [0.3, 0.4) is 0 Å². The standard InChI is InChI=1S/C12H15NO5/c1-18-10-6-5-8(7-9(10)14)13-11(15)3-2-4-12(16)17/h5-7,14H,2-4H2,1H3,(H,13,15)(H,16,17). The minimum atomic E-state index is -0.926. The number of carbonyl (C=O) groups is 2. The molecule has 6 heteroatoms. The summed E-state index contributed by atoms with van der Waals surface area (Å²) in [5.41, 5.74) is 0.439. The van der Waals surface area contributed by atoms with Crippen molar-refractivity contribution >= 4 is 17.6 Å². The number of carboxylic acids is 1. The number of anilines is 1. The first-order valence-corrected chi connectivity index (χ1v) is 5.41. The normalized spacial score (nSPS) is 9.83. The van der Waals surface area contributed by atoms with Gasteiger partial charge in [0.2, 0.25) is 5.91 Å². The first-order chi connectivity index (χ1) is 8.52. The number of ether oxygens (including phenoxy) is 1. The van der Waals surface area contributed by atoms with E-state index in [-0.39, 0.29) is 30.9 Å². The fourth-order valence-corrected chi connectivity index (χ4v) is 1.39. The predicted molar refractivity (Wildman–Crippen MR) is 64.8 cm³/mol. The molecule has 1 aromatic carbocycles. The molecule has 98 valence electrons. The van der Waals surface area contributed by atoms with Crippen molar-refractivity contribution in [3.8, 4) is 11.5 Å². The summed E-state index contributed by atoms with van der Waals surface area (Å²) < 4.78 is 4.87. The van der Waals surface area contributed by atoms with E-state index in [4.69, 9.17) is 9.84 Å². The summed E-state index contributed by atoms with van der Waals surface area (Å²) in [6, 6.07) is 4.49. The number of phenols is 1. The van der Waals surface area contributed by atoms with Crippen molar-refractivity contribution in [1.29, 1.82) is 0 Å². The lowest BCUT2D eigenvalue weighted by atomic mass is 10.2. The largest absolute Gasteiger partial charge is 0.504 e. The van der Waals surface area contributed by atoms with Gasteiger partial charge in [-0.1, -0.05) is 0 Å². The highest BCUT2D eigenvalue weighted by atomic mass is 16.5. The number of hydrogen-bond donors (Lipinski definition) is 3. The van der Waals surface area contributed by atoms with E-state index in [0.717, 1.165) is 0 Å². The molecule has 0 bridgehead atoms. The van der Waals surface area contributed by atoms with Crippen LogP contribution >= 0.6 is 0 Å². The zero-order valence-electron chi connectivity index (χ0n) is 9.97. The minimum Gasteiger partial charge on any atom is -0.504 e. The van der Waals surface area contributed by atoms with Gasteiger partial charge in [0.15, 0.2) is 11.5 Å². The zero-order valence-corrected chi connectivity index (χ0v) is 9.97. The van der Waals surface area contributed by atoms with Crippen molar-refractivity contribution < 1.29 is 24.5 Å². The topological polar surface area (TPSA) is 95.9 Å². The van der Waals surface area contributed by atoms with E-state index < -0.39 is 5.97 Å². The number of phenolic OH excluding ortho intramolecular Hbond substituents is 1. The Morgan fingerprint density at radius 3 is 2.61 bits per heavy atom. The van der Waals surface area contributed by atoms with Crippen molar-refractivity contribution in [2.75, 3.05) is 12.4 Å². The average Bonchev–Trinajstić information content (AvgIpc) is 2.28. The van der Waals surface area contributed by atoms with E-state index in [1.807, 2.05) is 0 Å². The van der Waals surface area contributed by atoms with Crippen molar-refractivity contribution in [3.63, 3.8) is 0 Å². The third kappa shape index (κ3) is 4.32. The first-order valence-electron chi connectivity index (χ1n) is 5.41. The predicted octanol–water partition coefficient (Wildman–Crippen LogP) is 1.59. The van der Waals surface area contributed by atoms with Crippen molar-refractivity contribution in [3.05, 3.63) is 18.2 Å². The number of aromatic hydroxyl groups is 1. The quantitative estimate of drug-likeness (QED) is 0.715. The number of methoxy groups -OCH3 is 1. The molecule has 0 saturated carbocycles. The van der Waals surface area contributed by atoms with Gasteiger partial charge in [-0.05, 0) is 18.6 Å². The average molecular weight is 253 g/mol. The molecule has 0 aliphatic rings. The molecule has 3 N–H and O–H groups in total. The fourth-order valence-electron chi connectivity index (χ4n) is 1.39. The minimum absolute atomic E-state index is 0.0404. The Labute approximate surface area is 104 Å². The van der Waals surface area contributed by atoms with E-state index in [1.165, 1.54) is 19.2 Å². The van der Waals surface area contributed by atoms with Crippen molar-refractivity contribution in [2.24, 2.45) is 0 Å². The Morgan fingerprint density at radius 1 is 1.33 bits per heavy atom. The van der Waals surface area contributed by atoms with Gasteiger partial charge in [-0.2, -0.15) is 0 Å². The summed E-state index contributed by atoms with van der Waals surface area (Å²) in [6.45, 7) is 0. The third-order valence-electron chi connectivity index (χ3n) is 2.26. The summed E-state index contributed by atoms with van der Waals surface area (Å²) in [5, 5.41) is 20.5. The van der Waals surface area contributed by atoms with Crippen LogP contribution in [0.25, 0.3) is 0 Å². The number of nitrogens with one attached hydrogen (secondary N) is 1. The summed E-state index contributed by atoms with van der Waals surface area (Å²) >= 11 is 0. The van der Waals surface area contributed by atoms with Gasteiger partial charge in [-0.3, -0.25) is 9.59 Å². The second-order valence-corrected chi connectivity index (χ2v) is 3.68. The van der Waals surface area contributed by atoms with Gasteiger partial charge in [-0.15, -0.1) is 0 Å². The molecule has 0 atom stereocenters. The van der Waals surface area contributed by atoms with Crippen LogP contribution in [-0.2, 0) is 9.59 Å². The monoisotopic (exact) mass is 253 g/mol. The maximum Gasteiger partial charge on any atom is 0.303 e. The van der Waals surface area contributed by atoms with Crippen LogP contribution in [0.2, 0.25) is 0 Å². The second kappa shape index (κ2) is 6.48. The van der Waals surface area contributed by atoms with Crippen molar-refractivity contribution in [1.82, 2.24) is 0 Å². The Morgan fingerprint density at radius 2 is 2.06 bits per heavy atom. The lowest BCUT2D eigenvalue weighted by Gasteiger charge is -2.07. The van der Waals surface area contributed by atoms with Gasteiger partial charge in [0.05, 0.1) is 7.11 Å². The van der Waals surface area contributed by atoms with Gasteiger partial charge in [-0.25, -0.2) is 0 Å². The molecule has 0 radical (unpaired) electrons. The smallest absolute Gasteiger partial charge is 0.303 e. The summed E-state index contributed by atoms with van der Waals surface area (Å²) in [6.07, 6.45) is 0.365. The summed E-state index contributed by atoms with van der Waals surface area (Å²) in [4.78, 5) is 21.7. The molecule has 6 nitrogen and oxygen atoms in total. The van der Waals surface area contributed by atoms with Crippen LogP contribution in [0.5, 0.6) is 11.5 Å². The highest BCUT2D eigenvalue weighted by molar-refractivity contribution is 5.91. The molecule has 0 spiro atoms. The van der Waals surface area contributed by atoms with Crippen LogP contribution in [0, 0.1) is 0 Å². The molecule has 1 amide bonds.